The molecule has 1 aromatic carbocycles. The topological polar surface area (TPSA) is 75.4 Å². The Morgan fingerprint density at radius 2 is 2.06 bits per heavy atom. The van der Waals surface area contributed by atoms with E-state index >= 15 is 0 Å². The Kier molecular flexibility index (Phi) is 4.02. The van der Waals surface area contributed by atoms with Gasteiger partial charge in [-0.15, -0.1) is 0 Å². The number of nitro benzene ring substituents is 1. The van der Waals surface area contributed by atoms with Gasteiger partial charge in [0.1, 0.15) is 0 Å². The average Bonchev–Trinajstić information content (AvgIpc) is 2.37. The minimum atomic E-state index is -0.583. The van der Waals surface area contributed by atoms with E-state index in [2.05, 4.69) is 5.32 Å². The summed E-state index contributed by atoms with van der Waals surface area (Å²) in [5, 5.41) is 23.3. The van der Waals surface area contributed by atoms with Gasteiger partial charge >= 0.3 is 5.69 Å². The van der Waals surface area contributed by atoms with E-state index in [1.807, 2.05) is 0 Å². The lowest BCUT2D eigenvalue weighted by atomic mass is 9.89. The number of phenols is 1. The molecule has 0 spiro atoms. The SMILES string of the molecule is O=[N+]([O-])c1ccc(NCC2CCCCC2)cc1O. The largest absolute Gasteiger partial charge is 0.502 e. The standard InChI is InChI=1S/C13H18N2O3/c16-13-8-11(6-7-12(13)15(17)18)14-9-10-4-2-1-3-5-10/h6-8,10,14,16H,1-5,9H2. The molecule has 0 heterocycles. The van der Waals surface area contributed by atoms with E-state index in [0.717, 1.165) is 12.2 Å². The van der Waals surface area contributed by atoms with Crippen LogP contribution in [0.1, 0.15) is 32.1 Å². The van der Waals surface area contributed by atoms with Crippen LogP contribution >= 0.6 is 0 Å². The lowest BCUT2D eigenvalue weighted by molar-refractivity contribution is -0.385. The van der Waals surface area contributed by atoms with Crippen molar-refractivity contribution >= 4 is 11.4 Å². The first-order chi connectivity index (χ1) is 8.66. The van der Waals surface area contributed by atoms with Gasteiger partial charge in [0.25, 0.3) is 0 Å². The normalized spacial score (nSPS) is 16.4. The Morgan fingerprint density at radius 1 is 1.33 bits per heavy atom. The zero-order chi connectivity index (χ0) is 13.0. The molecule has 0 aromatic heterocycles. The number of phenolic OH excluding ortho intramolecular Hbond substituents is 1. The fourth-order valence-corrected chi connectivity index (χ4v) is 2.44. The summed E-state index contributed by atoms with van der Waals surface area (Å²) in [6.45, 7) is 0.872. The maximum Gasteiger partial charge on any atom is 0.310 e. The number of nitrogens with one attached hydrogen (secondary N) is 1. The van der Waals surface area contributed by atoms with Gasteiger partial charge in [0, 0.05) is 24.4 Å². The van der Waals surface area contributed by atoms with Gasteiger partial charge in [0.05, 0.1) is 4.92 Å². The van der Waals surface area contributed by atoms with Gasteiger partial charge in [-0.3, -0.25) is 10.1 Å². The van der Waals surface area contributed by atoms with Crippen LogP contribution in [0, 0.1) is 16.0 Å². The predicted octanol–water partition coefficient (Wildman–Crippen LogP) is 3.29. The first kappa shape index (κ1) is 12.7. The Hall–Kier alpha value is -1.78. The molecule has 1 aliphatic rings. The minimum Gasteiger partial charge on any atom is -0.502 e. The van der Waals surface area contributed by atoms with Crippen LogP contribution in [0.4, 0.5) is 11.4 Å². The third-order valence-electron chi connectivity index (χ3n) is 3.49. The maximum atomic E-state index is 10.6. The number of rotatable bonds is 4. The Bertz CT molecular complexity index is 428. The van der Waals surface area contributed by atoms with Crippen molar-refractivity contribution in [2.75, 3.05) is 11.9 Å². The van der Waals surface area contributed by atoms with Gasteiger partial charge < -0.3 is 10.4 Å². The second kappa shape index (κ2) is 5.71. The third-order valence-corrected chi connectivity index (χ3v) is 3.49. The molecule has 0 aliphatic heterocycles. The predicted molar refractivity (Wildman–Crippen MR) is 69.8 cm³/mol. The molecule has 0 bridgehead atoms. The van der Waals surface area contributed by atoms with Gasteiger partial charge in [-0.2, -0.15) is 0 Å². The Labute approximate surface area is 106 Å². The van der Waals surface area contributed by atoms with Crippen LogP contribution in [-0.2, 0) is 0 Å². The molecule has 1 fully saturated rings. The summed E-state index contributed by atoms with van der Waals surface area (Å²) in [6, 6.07) is 4.39. The molecule has 18 heavy (non-hydrogen) atoms. The van der Waals surface area contributed by atoms with Gasteiger partial charge in [-0.1, -0.05) is 19.3 Å². The molecule has 5 nitrogen and oxygen atoms in total. The first-order valence-corrected chi connectivity index (χ1v) is 6.38. The second-order valence-corrected chi connectivity index (χ2v) is 4.85. The van der Waals surface area contributed by atoms with Crippen molar-refractivity contribution in [2.45, 2.75) is 32.1 Å². The van der Waals surface area contributed by atoms with Crippen LogP contribution in [0.15, 0.2) is 18.2 Å². The Morgan fingerprint density at radius 3 is 2.67 bits per heavy atom. The summed E-state index contributed by atoms with van der Waals surface area (Å²) >= 11 is 0. The van der Waals surface area contributed by atoms with Crippen LogP contribution in [0.25, 0.3) is 0 Å². The lowest BCUT2D eigenvalue weighted by Crippen LogP contribution is -2.17. The van der Waals surface area contributed by atoms with Gasteiger partial charge in [0.2, 0.25) is 0 Å². The number of benzene rings is 1. The molecule has 1 aliphatic carbocycles. The molecule has 0 radical (unpaired) electrons. The fraction of sp³-hybridized carbons (Fsp3) is 0.538. The number of nitro groups is 1. The molecule has 2 rings (SSSR count). The summed E-state index contributed by atoms with van der Waals surface area (Å²) in [5.74, 6) is 0.393. The second-order valence-electron chi connectivity index (χ2n) is 4.85. The molecule has 1 aromatic rings. The van der Waals surface area contributed by atoms with Gasteiger partial charge in [-0.25, -0.2) is 0 Å². The zero-order valence-electron chi connectivity index (χ0n) is 10.3. The van der Waals surface area contributed by atoms with Crippen molar-refractivity contribution in [2.24, 2.45) is 5.92 Å². The molecule has 0 amide bonds. The van der Waals surface area contributed by atoms with E-state index < -0.39 is 4.92 Å². The lowest BCUT2D eigenvalue weighted by Gasteiger charge is -2.22. The summed E-state index contributed by atoms with van der Waals surface area (Å²) in [5.41, 5.74) is 0.488. The summed E-state index contributed by atoms with van der Waals surface area (Å²) in [7, 11) is 0. The summed E-state index contributed by atoms with van der Waals surface area (Å²) in [4.78, 5) is 9.98. The zero-order valence-corrected chi connectivity index (χ0v) is 10.3. The first-order valence-electron chi connectivity index (χ1n) is 6.38. The number of nitrogens with zero attached hydrogens (tertiary/aromatic N) is 1. The highest BCUT2D eigenvalue weighted by Gasteiger charge is 2.15. The number of anilines is 1. The van der Waals surface area contributed by atoms with Crippen LogP contribution in [0.5, 0.6) is 5.75 Å². The van der Waals surface area contributed by atoms with E-state index in [-0.39, 0.29) is 11.4 Å². The van der Waals surface area contributed by atoms with Crippen molar-refractivity contribution < 1.29 is 10.0 Å². The molecular formula is C13H18N2O3. The maximum absolute atomic E-state index is 10.6. The molecule has 0 atom stereocenters. The molecule has 1 saturated carbocycles. The molecule has 2 N–H and O–H groups in total. The van der Waals surface area contributed by atoms with Crippen molar-refractivity contribution in [3.05, 3.63) is 28.3 Å². The molecule has 0 saturated heterocycles. The highest BCUT2D eigenvalue weighted by molar-refractivity contribution is 5.57. The fourth-order valence-electron chi connectivity index (χ4n) is 2.44. The number of hydrogen-bond acceptors (Lipinski definition) is 4. The quantitative estimate of drug-likeness (QED) is 0.635. The van der Waals surface area contributed by atoms with Crippen LogP contribution < -0.4 is 5.32 Å². The van der Waals surface area contributed by atoms with Crippen LogP contribution in [-0.4, -0.2) is 16.6 Å². The van der Waals surface area contributed by atoms with E-state index in [1.165, 1.54) is 44.2 Å². The number of aromatic hydroxyl groups is 1. The van der Waals surface area contributed by atoms with Gasteiger partial charge in [-0.05, 0) is 24.8 Å². The van der Waals surface area contributed by atoms with Crippen molar-refractivity contribution in [1.29, 1.82) is 0 Å². The number of hydrogen-bond donors (Lipinski definition) is 2. The van der Waals surface area contributed by atoms with E-state index in [1.54, 1.807) is 6.07 Å². The molecule has 5 heteroatoms. The third kappa shape index (κ3) is 3.12. The van der Waals surface area contributed by atoms with Crippen LogP contribution in [0.2, 0.25) is 0 Å². The Balaban J connectivity index is 1.93. The van der Waals surface area contributed by atoms with E-state index in [4.69, 9.17) is 0 Å². The molecule has 98 valence electrons. The minimum absolute atomic E-state index is 0.252. The van der Waals surface area contributed by atoms with E-state index in [9.17, 15) is 15.2 Å². The van der Waals surface area contributed by atoms with Crippen molar-refractivity contribution in [1.82, 2.24) is 0 Å². The molecule has 0 unspecified atom stereocenters. The average molecular weight is 250 g/mol. The summed E-state index contributed by atoms with van der Waals surface area (Å²) < 4.78 is 0. The summed E-state index contributed by atoms with van der Waals surface area (Å²) in [6.07, 6.45) is 6.39. The van der Waals surface area contributed by atoms with E-state index in [0.29, 0.717) is 5.92 Å². The molecular weight excluding hydrogens is 232 g/mol. The van der Waals surface area contributed by atoms with Crippen molar-refractivity contribution in [3.8, 4) is 5.75 Å². The monoisotopic (exact) mass is 250 g/mol. The van der Waals surface area contributed by atoms with Gasteiger partial charge in [0.15, 0.2) is 5.75 Å². The van der Waals surface area contributed by atoms with Crippen molar-refractivity contribution in [3.63, 3.8) is 0 Å². The van der Waals surface area contributed by atoms with Crippen LogP contribution in [0.3, 0.4) is 0 Å². The highest BCUT2D eigenvalue weighted by atomic mass is 16.6. The smallest absolute Gasteiger partial charge is 0.310 e. The highest BCUT2D eigenvalue weighted by Crippen LogP contribution is 2.29.